The van der Waals surface area contributed by atoms with E-state index in [1.165, 1.54) is 38.2 Å². The van der Waals surface area contributed by atoms with Crippen LogP contribution < -0.4 is 5.32 Å². The van der Waals surface area contributed by atoms with Crippen LogP contribution in [0.4, 0.5) is 5.69 Å². The molecule has 164 valence electrons. The molecule has 1 aromatic rings. The van der Waals surface area contributed by atoms with Crippen LogP contribution in [0.1, 0.15) is 51.0 Å². The lowest BCUT2D eigenvalue weighted by Crippen LogP contribution is -2.49. The van der Waals surface area contributed by atoms with Crippen molar-refractivity contribution in [2.24, 2.45) is 5.92 Å². The van der Waals surface area contributed by atoms with Gasteiger partial charge in [0.1, 0.15) is 0 Å². The van der Waals surface area contributed by atoms with Gasteiger partial charge in [-0.05, 0) is 82.4 Å². The van der Waals surface area contributed by atoms with Crippen LogP contribution in [0.2, 0.25) is 0 Å². The molecule has 0 atom stereocenters. The molecule has 0 unspecified atom stereocenters. The number of anilines is 1. The van der Waals surface area contributed by atoms with E-state index in [0.717, 1.165) is 64.3 Å². The lowest BCUT2D eigenvalue weighted by atomic mass is 9.92. The fourth-order valence-corrected chi connectivity index (χ4v) is 5.30. The number of rotatable bonds is 5. The first-order chi connectivity index (χ1) is 14.6. The van der Waals surface area contributed by atoms with Crippen molar-refractivity contribution in [3.8, 4) is 0 Å². The Hall–Kier alpha value is -1.92. The molecular formula is C24H36N4O2. The number of piperidine rings is 2. The molecule has 6 nitrogen and oxygen atoms in total. The van der Waals surface area contributed by atoms with Crippen molar-refractivity contribution in [2.75, 3.05) is 44.6 Å². The number of hydrogen-bond donors (Lipinski definition) is 1. The molecule has 0 aliphatic carbocycles. The van der Waals surface area contributed by atoms with Crippen LogP contribution in [0.15, 0.2) is 24.3 Å². The van der Waals surface area contributed by atoms with Crippen molar-refractivity contribution in [2.45, 2.75) is 58.0 Å². The summed E-state index contributed by atoms with van der Waals surface area (Å²) < 4.78 is 0. The molecule has 1 aromatic carbocycles. The number of amides is 2. The Morgan fingerprint density at radius 3 is 2.13 bits per heavy atom. The van der Waals surface area contributed by atoms with Crippen molar-refractivity contribution in [3.63, 3.8) is 0 Å². The Morgan fingerprint density at radius 2 is 1.53 bits per heavy atom. The zero-order valence-electron chi connectivity index (χ0n) is 18.3. The zero-order valence-corrected chi connectivity index (χ0v) is 18.3. The van der Waals surface area contributed by atoms with Crippen LogP contribution in [-0.2, 0) is 16.1 Å². The molecule has 0 bridgehead atoms. The van der Waals surface area contributed by atoms with Crippen molar-refractivity contribution < 1.29 is 9.59 Å². The summed E-state index contributed by atoms with van der Waals surface area (Å²) in [6.45, 7) is 8.89. The molecule has 3 aliphatic rings. The van der Waals surface area contributed by atoms with Gasteiger partial charge in [-0.2, -0.15) is 0 Å². The van der Waals surface area contributed by atoms with Gasteiger partial charge in [0.2, 0.25) is 11.8 Å². The van der Waals surface area contributed by atoms with E-state index >= 15 is 0 Å². The van der Waals surface area contributed by atoms with E-state index in [0.29, 0.717) is 11.9 Å². The van der Waals surface area contributed by atoms with Crippen molar-refractivity contribution in [1.82, 2.24) is 14.7 Å². The van der Waals surface area contributed by atoms with E-state index in [2.05, 4.69) is 32.1 Å². The molecule has 3 saturated heterocycles. The maximum atomic E-state index is 12.7. The molecule has 3 aliphatic heterocycles. The predicted octanol–water partition coefficient (Wildman–Crippen LogP) is 2.94. The van der Waals surface area contributed by atoms with Gasteiger partial charge in [-0.15, -0.1) is 0 Å². The summed E-state index contributed by atoms with van der Waals surface area (Å²) in [4.78, 5) is 31.1. The second kappa shape index (κ2) is 9.92. The number of likely N-dealkylation sites (tertiary alicyclic amines) is 3. The first-order valence-corrected chi connectivity index (χ1v) is 11.7. The average Bonchev–Trinajstić information content (AvgIpc) is 3.30. The minimum Gasteiger partial charge on any atom is -0.342 e. The molecule has 1 N–H and O–H groups in total. The van der Waals surface area contributed by atoms with E-state index in [1.807, 2.05) is 12.1 Å². The monoisotopic (exact) mass is 412 g/mol. The van der Waals surface area contributed by atoms with Crippen LogP contribution in [0.5, 0.6) is 0 Å². The summed E-state index contributed by atoms with van der Waals surface area (Å²) in [6.07, 6.45) is 6.88. The lowest BCUT2D eigenvalue weighted by Gasteiger charge is -2.42. The molecule has 0 saturated carbocycles. The highest BCUT2D eigenvalue weighted by Crippen LogP contribution is 2.26. The zero-order chi connectivity index (χ0) is 20.9. The van der Waals surface area contributed by atoms with Crippen LogP contribution in [0.25, 0.3) is 0 Å². The van der Waals surface area contributed by atoms with Crippen molar-refractivity contribution in [1.29, 1.82) is 0 Å². The Labute approximate surface area is 180 Å². The Balaban J connectivity index is 1.18. The number of nitrogens with one attached hydrogen (secondary N) is 1. The van der Waals surface area contributed by atoms with Gasteiger partial charge in [0, 0.05) is 44.2 Å². The third kappa shape index (κ3) is 5.41. The van der Waals surface area contributed by atoms with Crippen molar-refractivity contribution >= 4 is 17.5 Å². The van der Waals surface area contributed by atoms with Gasteiger partial charge in [-0.25, -0.2) is 0 Å². The molecular weight excluding hydrogens is 376 g/mol. The van der Waals surface area contributed by atoms with E-state index in [4.69, 9.17) is 0 Å². The lowest BCUT2D eigenvalue weighted by molar-refractivity contribution is -0.136. The molecule has 0 spiro atoms. The quantitative estimate of drug-likeness (QED) is 0.808. The Morgan fingerprint density at radius 1 is 0.900 bits per heavy atom. The van der Waals surface area contributed by atoms with Crippen LogP contribution in [0.3, 0.4) is 0 Å². The van der Waals surface area contributed by atoms with Gasteiger partial charge in [0.15, 0.2) is 0 Å². The van der Waals surface area contributed by atoms with E-state index in [-0.39, 0.29) is 11.8 Å². The SMILES string of the molecule is CC(=O)Nc1ccc(CN2CCC(N3CCC(C(=O)N4CCCC4)CC3)CC2)cc1. The van der Waals surface area contributed by atoms with Gasteiger partial charge in [-0.1, -0.05) is 12.1 Å². The number of carbonyl (C=O) groups excluding carboxylic acids is 2. The Kier molecular flexibility index (Phi) is 7.05. The van der Waals surface area contributed by atoms with Crippen LogP contribution >= 0.6 is 0 Å². The largest absolute Gasteiger partial charge is 0.342 e. The number of benzene rings is 1. The van der Waals surface area contributed by atoms with Gasteiger partial charge in [-0.3, -0.25) is 14.5 Å². The summed E-state index contributed by atoms with van der Waals surface area (Å²) >= 11 is 0. The minimum atomic E-state index is -0.0331. The number of nitrogens with zero attached hydrogens (tertiary/aromatic N) is 3. The molecule has 6 heteroatoms. The minimum absolute atomic E-state index is 0.0331. The first-order valence-electron chi connectivity index (χ1n) is 11.7. The summed E-state index contributed by atoms with van der Waals surface area (Å²) in [5, 5.41) is 2.82. The maximum Gasteiger partial charge on any atom is 0.225 e. The summed E-state index contributed by atoms with van der Waals surface area (Å²) in [6, 6.07) is 8.86. The van der Waals surface area contributed by atoms with Gasteiger partial charge >= 0.3 is 0 Å². The third-order valence-corrected chi connectivity index (χ3v) is 7.05. The maximum absolute atomic E-state index is 12.7. The molecule has 3 fully saturated rings. The fourth-order valence-electron chi connectivity index (χ4n) is 5.30. The smallest absolute Gasteiger partial charge is 0.225 e. The number of hydrogen-bond acceptors (Lipinski definition) is 4. The highest BCUT2D eigenvalue weighted by molar-refractivity contribution is 5.88. The second-order valence-corrected chi connectivity index (χ2v) is 9.23. The molecule has 2 amide bonds. The van der Waals surface area contributed by atoms with Crippen LogP contribution in [0, 0.1) is 5.92 Å². The van der Waals surface area contributed by atoms with Crippen LogP contribution in [-0.4, -0.2) is 71.8 Å². The predicted molar refractivity (Wildman–Crippen MR) is 119 cm³/mol. The first kappa shape index (κ1) is 21.3. The standard InChI is InChI=1S/C24H36N4O2/c1-19(29)25-22-6-4-20(5-7-22)18-26-14-10-23(11-15-26)27-16-8-21(9-17-27)24(30)28-12-2-3-13-28/h4-7,21,23H,2-3,8-18H2,1H3,(H,25,29). The van der Waals surface area contributed by atoms with Crippen molar-refractivity contribution in [3.05, 3.63) is 29.8 Å². The van der Waals surface area contributed by atoms with E-state index in [9.17, 15) is 9.59 Å². The molecule has 4 rings (SSSR count). The highest BCUT2D eigenvalue weighted by atomic mass is 16.2. The molecule has 30 heavy (non-hydrogen) atoms. The second-order valence-electron chi connectivity index (χ2n) is 9.23. The van der Waals surface area contributed by atoms with E-state index < -0.39 is 0 Å². The summed E-state index contributed by atoms with van der Waals surface area (Å²) in [7, 11) is 0. The summed E-state index contributed by atoms with van der Waals surface area (Å²) in [5.41, 5.74) is 2.15. The number of carbonyl (C=O) groups is 2. The molecule has 0 radical (unpaired) electrons. The van der Waals surface area contributed by atoms with E-state index in [1.54, 1.807) is 0 Å². The third-order valence-electron chi connectivity index (χ3n) is 7.05. The Bertz CT molecular complexity index is 713. The highest BCUT2D eigenvalue weighted by Gasteiger charge is 2.33. The van der Waals surface area contributed by atoms with Gasteiger partial charge < -0.3 is 15.1 Å². The summed E-state index contributed by atoms with van der Waals surface area (Å²) in [5.74, 6) is 0.653. The topological polar surface area (TPSA) is 55.9 Å². The molecule has 3 heterocycles. The molecule has 0 aromatic heterocycles. The van der Waals surface area contributed by atoms with Gasteiger partial charge in [0.05, 0.1) is 0 Å². The van der Waals surface area contributed by atoms with Gasteiger partial charge in [0.25, 0.3) is 0 Å². The average molecular weight is 413 g/mol. The fraction of sp³-hybridized carbons (Fsp3) is 0.667. The normalized spacial score (nSPS) is 22.4.